The highest BCUT2D eigenvalue weighted by Crippen LogP contribution is 2.26. The number of rotatable bonds is 4. The SMILES string of the molecule is CN(C(=O)C(CN)CC(C)(C)C)C1CCS(=O)(=O)C1. The molecule has 19 heavy (non-hydrogen) atoms. The van der Waals surface area contributed by atoms with Gasteiger partial charge in [-0.3, -0.25) is 4.79 Å². The van der Waals surface area contributed by atoms with Crippen LogP contribution in [0.25, 0.3) is 0 Å². The summed E-state index contributed by atoms with van der Waals surface area (Å²) in [4.78, 5) is 14.0. The molecule has 1 aliphatic heterocycles. The fourth-order valence-corrected chi connectivity index (χ4v) is 4.33. The van der Waals surface area contributed by atoms with E-state index in [2.05, 4.69) is 20.8 Å². The highest BCUT2D eigenvalue weighted by molar-refractivity contribution is 7.91. The Kier molecular flexibility index (Phi) is 5.01. The molecule has 2 unspecified atom stereocenters. The van der Waals surface area contributed by atoms with E-state index in [9.17, 15) is 13.2 Å². The van der Waals surface area contributed by atoms with Crippen molar-refractivity contribution in [3.63, 3.8) is 0 Å². The van der Waals surface area contributed by atoms with Gasteiger partial charge in [0.05, 0.1) is 17.4 Å². The van der Waals surface area contributed by atoms with Crippen molar-refractivity contribution in [1.29, 1.82) is 0 Å². The van der Waals surface area contributed by atoms with E-state index in [1.165, 1.54) is 0 Å². The van der Waals surface area contributed by atoms with E-state index in [4.69, 9.17) is 5.73 Å². The number of amides is 1. The second kappa shape index (κ2) is 5.79. The molecule has 1 saturated heterocycles. The van der Waals surface area contributed by atoms with Gasteiger partial charge < -0.3 is 10.6 Å². The minimum absolute atomic E-state index is 0.0282. The van der Waals surface area contributed by atoms with E-state index in [0.29, 0.717) is 19.4 Å². The Hall–Kier alpha value is -0.620. The van der Waals surface area contributed by atoms with Crippen molar-refractivity contribution in [2.45, 2.75) is 39.7 Å². The molecule has 5 nitrogen and oxygen atoms in total. The predicted molar refractivity (Wildman–Crippen MR) is 76.4 cm³/mol. The van der Waals surface area contributed by atoms with Crippen molar-refractivity contribution in [3.05, 3.63) is 0 Å². The fourth-order valence-electron chi connectivity index (χ4n) is 2.56. The van der Waals surface area contributed by atoms with Crippen LogP contribution in [0.3, 0.4) is 0 Å². The number of hydrogen-bond acceptors (Lipinski definition) is 4. The van der Waals surface area contributed by atoms with E-state index in [1.807, 2.05) is 0 Å². The lowest BCUT2D eigenvalue weighted by Gasteiger charge is -2.30. The maximum Gasteiger partial charge on any atom is 0.226 e. The van der Waals surface area contributed by atoms with Gasteiger partial charge in [0.25, 0.3) is 0 Å². The van der Waals surface area contributed by atoms with Gasteiger partial charge in [0, 0.05) is 19.6 Å². The monoisotopic (exact) mass is 290 g/mol. The van der Waals surface area contributed by atoms with Gasteiger partial charge in [-0.25, -0.2) is 8.42 Å². The molecule has 0 radical (unpaired) electrons. The van der Waals surface area contributed by atoms with Crippen LogP contribution in [0.1, 0.15) is 33.6 Å². The van der Waals surface area contributed by atoms with E-state index < -0.39 is 9.84 Å². The summed E-state index contributed by atoms with van der Waals surface area (Å²) in [6, 6.07) is -0.188. The normalized spacial score (nSPS) is 24.2. The summed E-state index contributed by atoms with van der Waals surface area (Å²) < 4.78 is 22.9. The first kappa shape index (κ1) is 16.4. The molecular weight excluding hydrogens is 264 g/mol. The van der Waals surface area contributed by atoms with Gasteiger partial charge in [-0.15, -0.1) is 0 Å². The molecule has 0 spiro atoms. The molecule has 1 aliphatic rings. The summed E-state index contributed by atoms with van der Waals surface area (Å²) in [6.45, 7) is 6.52. The Balaban J connectivity index is 2.70. The Morgan fingerprint density at radius 2 is 2.00 bits per heavy atom. The molecule has 112 valence electrons. The van der Waals surface area contributed by atoms with Crippen LogP contribution in [0.15, 0.2) is 0 Å². The van der Waals surface area contributed by atoms with E-state index >= 15 is 0 Å². The number of nitrogens with two attached hydrogens (primary N) is 1. The maximum absolute atomic E-state index is 12.4. The summed E-state index contributed by atoms with van der Waals surface area (Å²) in [7, 11) is -1.27. The number of carbonyl (C=O) groups excluding carboxylic acids is 1. The van der Waals surface area contributed by atoms with Crippen molar-refractivity contribution >= 4 is 15.7 Å². The summed E-state index contributed by atoms with van der Waals surface area (Å²) >= 11 is 0. The zero-order valence-electron chi connectivity index (χ0n) is 12.3. The molecule has 0 aromatic heterocycles. The lowest BCUT2D eigenvalue weighted by Crippen LogP contribution is -2.44. The summed E-state index contributed by atoms with van der Waals surface area (Å²) in [5, 5.41) is 0. The molecule has 2 N–H and O–H groups in total. The van der Waals surface area contributed by atoms with E-state index in [1.54, 1.807) is 11.9 Å². The Bertz CT molecular complexity index is 426. The van der Waals surface area contributed by atoms with Crippen LogP contribution in [0, 0.1) is 11.3 Å². The topological polar surface area (TPSA) is 80.5 Å². The van der Waals surface area contributed by atoms with Crippen molar-refractivity contribution in [2.24, 2.45) is 17.1 Å². The summed E-state index contributed by atoms with van der Waals surface area (Å²) in [5.41, 5.74) is 5.73. The first-order valence-corrected chi connectivity index (χ1v) is 8.55. The van der Waals surface area contributed by atoms with Crippen molar-refractivity contribution in [3.8, 4) is 0 Å². The predicted octanol–water partition coefficient (Wildman–Crippen LogP) is 0.643. The zero-order chi connectivity index (χ0) is 14.8. The molecule has 2 atom stereocenters. The molecule has 1 fully saturated rings. The molecule has 0 bridgehead atoms. The Morgan fingerprint density at radius 1 is 1.42 bits per heavy atom. The van der Waals surface area contributed by atoms with E-state index in [-0.39, 0.29) is 34.8 Å². The van der Waals surface area contributed by atoms with Gasteiger partial charge in [0.2, 0.25) is 5.91 Å². The molecule has 1 rings (SSSR count). The molecule has 0 saturated carbocycles. The molecular formula is C13H26N2O3S. The van der Waals surface area contributed by atoms with Gasteiger partial charge >= 0.3 is 0 Å². The lowest BCUT2D eigenvalue weighted by atomic mass is 9.84. The third kappa shape index (κ3) is 4.76. The van der Waals surface area contributed by atoms with Crippen molar-refractivity contribution < 1.29 is 13.2 Å². The smallest absolute Gasteiger partial charge is 0.226 e. The molecule has 0 aromatic rings. The quantitative estimate of drug-likeness (QED) is 0.824. The Labute approximate surface area is 116 Å². The second-order valence-corrected chi connectivity index (χ2v) is 8.93. The number of nitrogens with zero attached hydrogens (tertiary/aromatic N) is 1. The molecule has 1 heterocycles. The molecule has 0 aromatic carbocycles. The molecule has 1 amide bonds. The highest BCUT2D eigenvalue weighted by Gasteiger charge is 2.35. The maximum atomic E-state index is 12.4. The van der Waals surface area contributed by atoms with Gasteiger partial charge in [-0.1, -0.05) is 20.8 Å². The van der Waals surface area contributed by atoms with Crippen molar-refractivity contribution in [2.75, 3.05) is 25.1 Å². The van der Waals surface area contributed by atoms with Crippen molar-refractivity contribution in [1.82, 2.24) is 4.90 Å². The number of carbonyl (C=O) groups is 1. The zero-order valence-corrected chi connectivity index (χ0v) is 13.2. The summed E-state index contributed by atoms with van der Waals surface area (Å²) in [6.07, 6.45) is 1.25. The van der Waals surface area contributed by atoms with Crippen LogP contribution in [0.5, 0.6) is 0 Å². The first-order chi connectivity index (χ1) is 8.56. The van der Waals surface area contributed by atoms with Crippen LogP contribution < -0.4 is 5.73 Å². The average Bonchev–Trinajstić information content (AvgIpc) is 2.63. The summed E-state index contributed by atoms with van der Waals surface area (Å²) in [5.74, 6) is 0.0111. The highest BCUT2D eigenvalue weighted by atomic mass is 32.2. The average molecular weight is 290 g/mol. The number of sulfone groups is 1. The van der Waals surface area contributed by atoms with Gasteiger partial charge in [-0.05, 0) is 18.3 Å². The standard InChI is InChI=1S/C13H26N2O3S/c1-13(2,3)7-10(8-14)12(16)15(4)11-5-6-19(17,18)9-11/h10-11H,5-9,14H2,1-4H3. The van der Waals surface area contributed by atoms with Crippen LogP contribution in [-0.4, -0.2) is 50.4 Å². The largest absolute Gasteiger partial charge is 0.341 e. The fraction of sp³-hybridized carbons (Fsp3) is 0.923. The second-order valence-electron chi connectivity index (χ2n) is 6.70. The first-order valence-electron chi connectivity index (χ1n) is 6.73. The van der Waals surface area contributed by atoms with Crippen LogP contribution in [0.2, 0.25) is 0 Å². The van der Waals surface area contributed by atoms with Gasteiger partial charge in [-0.2, -0.15) is 0 Å². The van der Waals surface area contributed by atoms with E-state index in [0.717, 1.165) is 0 Å². The minimum Gasteiger partial charge on any atom is -0.341 e. The molecule has 6 heteroatoms. The Morgan fingerprint density at radius 3 is 2.37 bits per heavy atom. The van der Waals surface area contributed by atoms with Crippen LogP contribution in [0.4, 0.5) is 0 Å². The lowest BCUT2D eigenvalue weighted by molar-refractivity contribution is -0.136. The third-order valence-electron chi connectivity index (χ3n) is 3.60. The number of hydrogen-bond donors (Lipinski definition) is 1. The van der Waals surface area contributed by atoms with Gasteiger partial charge in [0.15, 0.2) is 9.84 Å². The minimum atomic E-state index is -2.97. The third-order valence-corrected chi connectivity index (χ3v) is 5.35. The van der Waals surface area contributed by atoms with Crippen LogP contribution >= 0.6 is 0 Å². The van der Waals surface area contributed by atoms with Gasteiger partial charge in [0.1, 0.15) is 0 Å². The molecule has 0 aliphatic carbocycles. The van der Waals surface area contributed by atoms with Crippen LogP contribution in [-0.2, 0) is 14.6 Å².